The average Bonchev–Trinajstić information content (AvgIpc) is 3.24. The lowest BCUT2D eigenvalue weighted by atomic mass is 10.0. The molecule has 1 aliphatic heterocycles. The van der Waals surface area contributed by atoms with Crippen LogP contribution in [0.4, 0.5) is 11.4 Å². The molecule has 2 fully saturated rings. The van der Waals surface area contributed by atoms with Gasteiger partial charge in [0.15, 0.2) is 0 Å². The lowest BCUT2D eigenvalue weighted by molar-refractivity contribution is -0.117. The van der Waals surface area contributed by atoms with Crippen molar-refractivity contribution in [3.8, 4) is 0 Å². The van der Waals surface area contributed by atoms with Crippen molar-refractivity contribution in [1.82, 2.24) is 0 Å². The molecular weight excluding hydrogens is 252 g/mol. The number of nitrogens with one attached hydrogen (secondary N) is 1. The highest BCUT2D eigenvalue weighted by atomic mass is 16.5. The summed E-state index contributed by atoms with van der Waals surface area (Å²) in [6.45, 7) is 6.79. The molecule has 0 bridgehead atoms. The fourth-order valence-corrected chi connectivity index (χ4v) is 2.65. The van der Waals surface area contributed by atoms with Gasteiger partial charge >= 0.3 is 0 Å². The predicted molar refractivity (Wildman–Crippen MR) is 80.0 cm³/mol. The minimum absolute atomic E-state index is 0.0109. The molecule has 1 N–H and O–H groups in total. The van der Waals surface area contributed by atoms with E-state index in [-0.39, 0.29) is 17.4 Å². The van der Waals surface area contributed by atoms with Crippen molar-refractivity contribution < 1.29 is 9.53 Å². The third-order valence-corrected chi connectivity index (χ3v) is 4.04. The largest absolute Gasteiger partial charge is 0.377 e. The first-order valence-corrected chi connectivity index (χ1v) is 7.33. The van der Waals surface area contributed by atoms with Crippen LogP contribution in [0, 0.1) is 5.92 Å². The van der Waals surface area contributed by atoms with Crippen LogP contribution in [-0.2, 0) is 9.53 Å². The van der Waals surface area contributed by atoms with Crippen molar-refractivity contribution in [2.24, 2.45) is 5.92 Å². The van der Waals surface area contributed by atoms with Gasteiger partial charge in [-0.1, -0.05) is 0 Å². The van der Waals surface area contributed by atoms with E-state index in [1.807, 2.05) is 12.1 Å². The summed E-state index contributed by atoms with van der Waals surface area (Å²) < 4.78 is 5.55. The summed E-state index contributed by atoms with van der Waals surface area (Å²) in [4.78, 5) is 14.1. The fourth-order valence-electron chi connectivity index (χ4n) is 2.65. The molecule has 1 aromatic carbocycles. The molecule has 1 heterocycles. The summed E-state index contributed by atoms with van der Waals surface area (Å²) in [5, 5.41) is 2.97. The highest BCUT2D eigenvalue weighted by Gasteiger charge is 2.31. The zero-order valence-corrected chi connectivity index (χ0v) is 12.2. The van der Waals surface area contributed by atoms with Gasteiger partial charge in [-0.05, 0) is 51.0 Å². The highest BCUT2D eigenvalue weighted by Crippen LogP contribution is 2.31. The standard InChI is InChI=1S/C16H22N2O2/c1-16(2)11-20-10-9-18(16)14-7-5-13(6-8-14)17-15(19)12-3-4-12/h5-8,12H,3-4,9-11H2,1-2H3,(H,17,19). The van der Waals surface area contributed by atoms with Crippen molar-refractivity contribution in [3.63, 3.8) is 0 Å². The van der Waals surface area contributed by atoms with Gasteiger partial charge in [0, 0.05) is 23.8 Å². The molecule has 1 saturated heterocycles. The normalized spacial score (nSPS) is 21.6. The van der Waals surface area contributed by atoms with E-state index in [1.54, 1.807) is 0 Å². The van der Waals surface area contributed by atoms with Crippen LogP contribution in [0.15, 0.2) is 24.3 Å². The monoisotopic (exact) mass is 274 g/mol. The Kier molecular flexibility index (Phi) is 3.42. The van der Waals surface area contributed by atoms with Crippen LogP contribution in [0.5, 0.6) is 0 Å². The molecule has 108 valence electrons. The lowest BCUT2D eigenvalue weighted by Crippen LogP contribution is -2.53. The molecular formula is C16H22N2O2. The third kappa shape index (κ3) is 2.80. The summed E-state index contributed by atoms with van der Waals surface area (Å²) in [5.41, 5.74) is 2.08. The zero-order valence-electron chi connectivity index (χ0n) is 12.2. The number of anilines is 2. The summed E-state index contributed by atoms with van der Waals surface area (Å²) in [7, 11) is 0. The number of carbonyl (C=O) groups excluding carboxylic acids is 1. The second-order valence-corrected chi connectivity index (χ2v) is 6.33. The Morgan fingerprint density at radius 3 is 2.60 bits per heavy atom. The van der Waals surface area contributed by atoms with Crippen molar-refractivity contribution >= 4 is 17.3 Å². The Balaban J connectivity index is 1.70. The SMILES string of the molecule is CC1(C)COCCN1c1ccc(NC(=O)C2CC2)cc1. The minimum atomic E-state index is 0.0109. The Hall–Kier alpha value is -1.55. The Bertz CT molecular complexity index is 492. The van der Waals surface area contributed by atoms with Crippen LogP contribution in [0.3, 0.4) is 0 Å². The van der Waals surface area contributed by atoms with Gasteiger partial charge in [0.1, 0.15) is 0 Å². The second-order valence-electron chi connectivity index (χ2n) is 6.33. The molecule has 1 aromatic rings. The van der Waals surface area contributed by atoms with Gasteiger partial charge in [-0.3, -0.25) is 4.79 Å². The maximum Gasteiger partial charge on any atom is 0.227 e. The smallest absolute Gasteiger partial charge is 0.227 e. The number of rotatable bonds is 3. The number of benzene rings is 1. The minimum Gasteiger partial charge on any atom is -0.377 e. The molecule has 1 amide bonds. The Morgan fingerprint density at radius 1 is 1.30 bits per heavy atom. The van der Waals surface area contributed by atoms with E-state index in [0.29, 0.717) is 0 Å². The lowest BCUT2D eigenvalue weighted by Gasteiger charge is -2.43. The molecule has 4 nitrogen and oxygen atoms in total. The first kappa shape index (κ1) is 13.4. The summed E-state index contributed by atoms with van der Waals surface area (Å²) in [6.07, 6.45) is 2.07. The van der Waals surface area contributed by atoms with Gasteiger partial charge in [0.2, 0.25) is 5.91 Å². The quantitative estimate of drug-likeness (QED) is 0.921. The van der Waals surface area contributed by atoms with Crippen molar-refractivity contribution in [2.75, 3.05) is 30.0 Å². The molecule has 1 aliphatic carbocycles. The molecule has 0 spiro atoms. The van der Waals surface area contributed by atoms with E-state index >= 15 is 0 Å². The van der Waals surface area contributed by atoms with Crippen LogP contribution in [0.2, 0.25) is 0 Å². The first-order chi connectivity index (χ1) is 9.56. The topological polar surface area (TPSA) is 41.6 Å². The summed E-state index contributed by atoms with van der Waals surface area (Å²) in [6, 6.07) is 8.13. The van der Waals surface area contributed by atoms with Gasteiger partial charge in [-0.15, -0.1) is 0 Å². The van der Waals surface area contributed by atoms with Gasteiger partial charge in [-0.25, -0.2) is 0 Å². The Labute approximate surface area is 120 Å². The maximum atomic E-state index is 11.7. The zero-order chi connectivity index (χ0) is 14.2. The van der Waals surface area contributed by atoms with E-state index in [0.717, 1.165) is 38.3 Å². The molecule has 0 atom stereocenters. The molecule has 3 rings (SSSR count). The highest BCUT2D eigenvalue weighted by molar-refractivity contribution is 5.94. The molecule has 0 unspecified atom stereocenters. The van der Waals surface area contributed by atoms with Gasteiger partial charge < -0.3 is 15.0 Å². The molecule has 1 saturated carbocycles. The van der Waals surface area contributed by atoms with Gasteiger partial charge in [-0.2, -0.15) is 0 Å². The van der Waals surface area contributed by atoms with Crippen LogP contribution in [0.25, 0.3) is 0 Å². The van der Waals surface area contributed by atoms with E-state index in [2.05, 4.69) is 36.2 Å². The molecule has 0 aromatic heterocycles. The van der Waals surface area contributed by atoms with Crippen LogP contribution >= 0.6 is 0 Å². The molecule has 0 radical (unpaired) electrons. The van der Waals surface area contributed by atoms with E-state index in [4.69, 9.17) is 4.74 Å². The third-order valence-electron chi connectivity index (χ3n) is 4.04. The Morgan fingerprint density at radius 2 is 2.00 bits per heavy atom. The van der Waals surface area contributed by atoms with Crippen LogP contribution in [0.1, 0.15) is 26.7 Å². The van der Waals surface area contributed by atoms with E-state index in [1.165, 1.54) is 5.69 Å². The average molecular weight is 274 g/mol. The first-order valence-electron chi connectivity index (χ1n) is 7.33. The summed E-state index contributed by atoms with van der Waals surface area (Å²) >= 11 is 0. The fraction of sp³-hybridized carbons (Fsp3) is 0.562. The number of ether oxygens (including phenoxy) is 1. The predicted octanol–water partition coefficient (Wildman–Crippen LogP) is 2.65. The van der Waals surface area contributed by atoms with E-state index < -0.39 is 0 Å². The maximum absolute atomic E-state index is 11.7. The van der Waals surface area contributed by atoms with Crippen LogP contribution in [-0.4, -0.2) is 31.2 Å². The second kappa shape index (κ2) is 5.09. The van der Waals surface area contributed by atoms with E-state index in [9.17, 15) is 4.79 Å². The van der Waals surface area contributed by atoms with Crippen molar-refractivity contribution in [2.45, 2.75) is 32.2 Å². The summed E-state index contributed by atoms with van der Waals surface area (Å²) in [5.74, 6) is 0.400. The number of hydrogen-bond acceptors (Lipinski definition) is 3. The van der Waals surface area contributed by atoms with Gasteiger partial charge in [0.25, 0.3) is 0 Å². The van der Waals surface area contributed by atoms with Crippen molar-refractivity contribution in [3.05, 3.63) is 24.3 Å². The number of hydrogen-bond donors (Lipinski definition) is 1. The number of nitrogens with zero attached hydrogens (tertiary/aromatic N) is 1. The molecule has 4 heteroatoms. The number of morpholine rings is 1. The molecule has 2 aliphatic rings. The molecule has 20 heavy (non-hydrogen) atoms. The number of amides is 1. The van der Waals surface area contributed by atoms with Crippen molar-refractivity contribution in [1.29, 1.82) is 0 Å². The van der Waals surface area contributed by atoms with Crippen LogP contribution < -0.4 is 10.2 Å². The van der Waals surface area contributed by atoms with Gasteiger partial charge in [0.05, 0.1) is 18.8 Å². The number of carbonyl (C=O) groups is 1.